The van der Waals surface area contributed by atoms with E-state index in [0.717, 1.165) is 37.9 Å². The first kappa shape index (κ1) is 19.9. The molecule has 1 heterocycles. The zero-order valence-electron chi connectivity index (χ0n) is 17.8. The minimum Gasteiger partial charge on any atom is -0.490 e. The molecule has 1 aliphatic rings. The van der Waals surface area contributed by atoms with Gasteiger partial charge in [0.1, 0.15) is 5.75 Å². The molecule has 1 aromatic heterocycles. The van der Waals surface area contributed by atoms with Crippen molar-refractivity contribution in [2.24, 2.45) is 5.73 Å². The van der Waals surface area contributed by atoms with E-state index in [0.29, 0.717) is 0 Å². The molecular weight excluding hydrogens is 356 g/mol. The third kappa shape index (κ3) is 3.64. The van der Waals surface area contributed by atoms with Crippen LogP contribution in [0, 0.1) is 13.8 Å². The van der Waals surface area contributed by atoms with Crippen molar-refractivity contribution >= 4 is 10.8 Å². The summed E-state index contributed by atoms with van der Waals surface area (Å²) in [6.45, 7) is 6.50. The molecule has 3 heteroatoms. The third-order valence-corrected chi connectivity index (χ3v) is 6.93. The molecule has 0 aliphatic heterocycles. The molecule has 1 atom stereocenters. The van der Waals surface area contributed by atoms with E-state index in [-0.39, 0.29) is 17.6 Å². The third-order valence-electron chi connectivity index (χ3n) is 6.93. The predicted molar refractivity (Wildman–Crippen MR) is 120 cm³/mol. The van der Waals surface area contributed by atoms with Gasteiger partial charge in [-0.2, -0.15) is 0 Å². The van der Waals surface area contributed by atoms with Crippen molar-refractivity contribution in [2.75, 3.05) is 0 Å². The standard InChI is InChI=1S/C26H32N2O/c1-4-24(27)26(21-8-6-5-7-9-21)13-10-22(11-14-26)29-25-18(2)16-20-17-28-15-12-23(20)19(25)3/h5-9,12,15-17,22,24H,4,10-11,13-14,27H2,1-3H3/t22-,24-,26+/m0/s1. The van der Waals surface area contributed by atoms with E-state index < -0.39 is 0 Å². The fourth-order valence-corrected chi connectivity index (χ4v) is 5.19. The van der Waals surface area contributed by atoms with Crippen LogP contribution in [0.4, 0.5) is 0 Å². The van der Waals surface area contributed by atoms with Crippen LogP contribution >= 0.6 is 0 Å². The Kier molecular flexibility index (Phi) is 5.60. The van der Waals surface area contributed by atoms with Crippen LogP contribution in [0.25, 0.3) is 10.8 Å². The summed E-state index contributed by atoms with van der Waals surface area (Å²) >= 11 is 0. The van der Waals surface area contributed by atoms with Gasteiger partial charge in [-0.1, -0.05) is 37.3 Å². The largest absolute Gasteiger partial charge is 0.490 e. The van der Waals surface area contributed by atoms with Gasteiger partial charge in [0.2, 0.25) is 0 Å². The average Bonchev–Trinajstić information content (AvgIpc) is 2.77. The zero-order chi connectivity index (χ0) is 20.4. The van der Waals surface area contributed by atoms with E-state index >= 15 is 0 Å². The molecule has 0 spiro atoms. The molecule has 0 unspecified atom stereocenters. The van der Waals surface area contributed by atoms with Crippen molar-refractivity contribution in [1.82, 2.24) is 4.98 Å². The molecule has 4 rings (SSSR count). The Balaban J connectivity index is 1.56. The maximum atomic E-state index is 6.68. The minimum atomic E-state index is 0.0645. The summed E-state index contributed by atoms with van der Waals surface area (Å²) in [5.74, 6) is 1.04. The highest BCUT2D eigenvalue weighted by atomic mass is 16.5. The number of fused-ring (bicyclic) bond motifs is 1. The summed E-state index contributed by atoms with van der Waals surface area (Å²) < 4.78 is 6.61. The van der Waals surface area contributed by atoms with Crippen molar-refractivity contribution in [1.29, 1.82) is 0 Å². The molecule has 3 aromatic rings. The van der Waals surface area contributed by atoms with Crippen molar-refractivity contribution in [3.05, 3.63) is 71.5 Å². The number of nitrogens with two attached hydrogens (primary N) is 1. The summed E-state index contributed by atoms with van der Waals surface area (Å²) in [6, 6.07) is 15.3. The van der Waals surface area contributed by atoms with E-state index in [4.69, 9.17) is 10.5 Å². The number of hydrogen-bond acceptors (Lipinski definition) is 3. The van der Waals surface area contributed by atoms with Gasteiger partial charge < -0.3 is 10.5 Å². The van der Waals surface area contributed by atoms with Crippen LogP contribution in [0.5, 0.6) is 5.75 Å². The topological polar surface area (TPSA) is 48.1 Å². The number of rotatable bonds is 5. The Morgan fingerprint density at radius 3 is 2.55 bits per heavy atom. The van der Waals surface area contributed by atoms with E-state index in [2.05, 4.69) is 68.2 Å². The summed E-state index contributed by atoms with van der Waals surface area (Å²) in [5.41, 5.74) is 10.5. The van der Waals surface area contributed by atoms with Gasteiger partial charge in [0.25, 0.3) is 0 Å². The zero-order valence-corrected chi connectivity index (χ0v) is 17.8. The molecule has 2 N–H and O–H groups in total. The van der Waals surface area contributed by atoms with Crippen LogP contribution in [0.1, 0.15) is 55.7 Å². The number of aromatic nitrogens is 1. The van der Waals surface area contributed by atoms with E-state index in [1.807, 2.05) is 12.4 Å². The van der Waals surface area contributed by atoms with Crippen LogP contribution in [0.15, 0.2) is 54.9 Å². The van der Waals surface area contributed by atoms with Crippen LogP contribution in [0.2, 0.25) is 0 Å². The summed E-state index contributed by atoms with van der Waals surface area (Å²) in [4.78, 5) is 4.26. The number of benzene rings is 2. The first-order chi connectivity index (χ1) is 14.0. The number of aryl methyl sites for hydroxylation is 2. The first-order valence-electron chi connectivity index (χ1n) is 10.9. The fraction of sp³-hybridized carbons (Fsp3) is 0.423. The Bertz CT molecular complexity index is 975. The smallest absolute Gasteiger partial charge is 0.126 e. The lowest BCUT2D eigenvalue weighted by Gasteiger charge is -2.44. The van der Waals surface area contributed by atoms with Gasteiger partial charge in [-0.25, -0.2) is 0 Å². The molecule has 0 saturated heterocycles. The highest BCUT2D eigenvalue weighted by molar-refractivity contribution is 5.87. The maximum Gasteiger partial charge on any atom is 0.126 e. The van der Waals surface area contributed by atoms with Crippen LogP contribution in [-0.4, -0.2) is 17.1 Å². The van der Waals surface area contributed by atoms with Crippen LogP contribution in [-0.2, 0) is 5.41 Å². The molecule has 3 nitrogen and oxygen atoms in total. The average molecular weight is 389 g/mol. The first-order valence-corrected chi connectivity index (χ1v) is 10.9. The number of pyridine rings is 1. The number of ether oxygens (including phenoxy) is 1. The van der Waals surface area contributed by atoms with Crippen LogP contribution < -0.4 is 10.5 Å². The minimum absolute atomic E-state index is 0.0645. The lowest BCUT2D eigenvalue weighted by Crippen LogP contribution is -2.48. The van der Waals surface area contributed by atoms with Crippen LogP contribution in [0.3, 0.4) is 0 Å². The predicted octanol–water partition coefficient (Wildman–Crippen LogP) is 5.85. The van der Waals surface area contributed by atoms with Gasteiger partial charge >= 0.3 is 0 Å². The molecule has 1 aliphatic carbocycles. The fourth-order valence-electron chi connectivity index (χ4n) is 5.19. The molecular formula is C26H32N2O. The Morgan fingerprint density at radius 2 is 1.86 bits per heavy atom. The van der Waals surface area contributed by atoms with Gasteiger partial charge in [-0.3, -0.25) is 4.98 Å². The summed E-state index contributed by atoms with van der Waals surface area (Å²) in [5, 5.41) is 2.40. The van der Waals surface area contributed by atoms with Gasteiger partial charge in [0, 0.05) is 29.2 Å². The van der Waals surface area contributed by atoms with Crippen molar-refractivity contribution in [3.8, 4) is 5.75 Å². The van der Waals surface area contributed by atoms with Gasteiger partial charge in [0.15, 0.2) is 0 Å². The summed E-state index contributed by atoms with van der Waals surface area (Å²) in [6.07, 6.45) is 9.25. The SMILES string of the molecule is CC[C@H](N)[C@]1(c2ccccc2)CC[C@H](Oc2c(C)cc3cnccc3c2C)CC1. The van der Waals surface area contributed by atoms with Gasteiger partial charge in [0.05, 0.1) is 6.10 Å². The quantitative estimate of drug-likeness (QED) is 0.596. The number of nitrogens with zero attached hydrogens (tertiary/aromatic N) is 1. The van der Waals surface area contributed by atoms with E-state index in [9.17, 15) is 0 Å². The van der Waals surface area contributed by atoms with Gasteiger partial charge in [-0.05, 0) is 80.2 Å². The Labute approximate surface area is 174 Å². The Hall–Kier alpha value is -2.39. The molecule has 0 amide bonds. The molecule has 1 saturated carbocycles. The van der Waals surface area contributed by atoms with Crippen molar-refractivity contribution in [2.45, 2.75) is 70.4 Å². The highest BCUT2D eigenvalue weighted by Crippen LogP contribution is 2.44. The normalized spacial score (nSPS) is 23.1. The molecule has 0 bridgehead atoms. The highest BCUT2D eigenvalue weighted by Gasteiger charge is 2.41. The van der Waals surface area contributed by atoms with E-state index in [1.165, 1.54) is 27.5 Å². The molecule has 152 valence electrons. The lowest BCUT2D eigenvalue weighted by atomic mass is 9.64. The number of hydrogen-bond donors (Lipinski definition) is 1. The van der Waals surface area contributed by atoms with Crippen molar-refractivity contribution in [3.63, 3.8) is 0 Å². The molecule has 2 aromatic carbocycles. The van der Waals surface area contributed by atoms with E-state index in [1.54, 1.807) is 0 Å². The Morgan fingerprint density at radius 1 is 1.14 bits per heavy atom. The second-order valence-electron chi connectivity index (χ2n) is 8.60. The van der Waals surface area contributed by atoms with Gasteiger partial charge in [-0.15, -0.1) is 0 Å². The molecule has 1 fully saturated rings. The monoisotopic (exact) mass is 388 g/mol. The van der Waals surface area contributed by atoms with Crippen molar-refractivity contribution < 1.29 is 4.74 Å². The second kappa shape index (κ2) is 8.16. The maximum absolute atomic E-state index is 6.68. The second-order valence-corrected chi connectivity index (χ2v) is 8.60. The lowest BCUT2D eigenvalue weighted by molar-refractivity contribution is 0.102. The summed E-state index contributed by atoms with van der Waals surface area (Å²) in [7, 11) is 0. The molecule has 29 heavy (non-hydrogen) atoms. The molecule has 0 radical (unpaired) electrons.